The molecule has 0 aromatic carbocycles. The van der Waals surface area contributed by atoms with E-state index in [1.54, 1.807) is 13.0 Å². The van der Waals surface area contributed by atoms with E-state index >= 15 is 0 Å². The molecule has 0 saturated heterocycles. The van der Waals surface area contributed by atoms with Gasteiger partial charge in [-0.15, -0.1) is 0 Å². The van der Waals surface area contributed by atoms with Gasteiger partial charge in [-0.3, -0.25) is 9.35 Å². The van der Waals surface area contributed by atoms with Crippen LogP contribution in [-0.4, -0.2) is 43.2 Å². The molecular weight excluding hydrogens is 466 g/mol. The highest BCUT2D eigenvalue weighted by Gasteiger charge is 2.27. The highest BCUT2D eigenvalue weighted by atomic mass is 32.2. The van der Waals surface area contributed by atoms with Crippen molar-refractivity contribution in [2.24, 2.45) is 5.41 Å². The summed E-state index contributed by atoms with van der Waals surface area (Å²) in [5.74, 6) is -2.51. The van der Waals surface area contributed by atoms with Crippen LogP contribution in [0.5, 0.6) is 0 Å². The largest absolute Gasteiger partial charge is 0.464 e. The molecular formula is C27H41NO6S. The van der Waals surface area contributed by atoms with Crippen LogP contribution in [0.15, 0.2) is 58.7 Å². The van der Waals surface area contributed by atoms with Crippen molar-refractivity contribution in [2.45, 2.75) is 79.7 Å². The first kappa shape index (κ1) is 30.6. The van der Waals surface area contributed by atoms with Crippen molar-refractivity contribution in [1.82, 2.24) is 5.32 Å². The molecule has 0 unspecified atom stereocenters. The number of rotatable bonds is 12. The average molecular weight is 508 g/mol. The third-order valence-electron chi connectivity index (χ3n) is 5.85. The van der Waals surface area contributed by atoms with E-state index in [0.717, 1.165) is 18.4 Å². The Morgan fingerprint density at radius 1 is 1.20 bits per heavy atom. The van der Waals surface area contributed by atoms with Gasteiger partial charge in [-0.1, -0.05) is 68.7 Å². The first-order valence-electron chi connectivity index (χ1n) is 12.1. The molecule has 1 atom stereocenters. The number of nitrogens with one attached hydrogen (secondary N) is 1. The normalized spacial score (nSPS) is 18.3. The molecule has 0 aromatic heterocycles. The number of carbonyl (C=O) groups is 2. The summed E-state index contributed by atoms with van der Waals surface area (Å²) in [4.78, 5) is 24.4. The second kappa shape index (κ2) is 14.2. The molecule has 2 N–H and O–H groups in total. The van der Waals surface area contributed by atoms with Crippen LogP contribution in [0.25, 0.3) is 0 Å². The minimum absolute atomic E-state index is 0.110. The third kappa shape index (κ3) is 12.2. The molecule has 0 aromatic rings. The van der Waals surface area contributed by atoms with Gasteiger partial charge in [-0.05, 0) is 63.0 Å². The Morgan fingerprint density at radius 2 is 1.89 bits per heavy atom. The zero-order valence-electron chi connectivity index (χ0n) is 21.9. The van der Waals surface area contributed by atoms with Crippen molar-refractivity contribution in [1.29, 1.82) is 0 Å². The Bertz CT molecular complexity index is 1010. The Balaban J connectivity index is 2.80. The zero-order chi connectivity index (χ0) is 26.6. The Labute approximate surface area is 210 Å². The molecule has 1 rings (SSSR count). The predicted octanol–water partition coefficient (Wildman–Crippen LogP) is 5.23. The number of ether oxygens (including phenoxy) is 1. The lowest BCUT2D eigenvalue weighted by Gasteiger charge is -2.32. The van der Waals surface area contributed by atoms with E-state index in [4.69, 9.17) is 9.29 Å². The van der Waals surface area contributed by atoms with Gasteiger partial charge >= 0.3 is 5.97 Å². The minimum atomic E-state index is -4.49. The van der Waals surface area contributed by atoms with E-state index in [9.17, 15) is 18.0 Å². The predicted molar refractivity (Wildman–Crippen MR) is 140 cm³/mol. The number of unbranched alkanes of at least 4 members (excludes halogenated alkanes) is 1. The lowest BCUT2D eigenvalue weighted by Crippen LogP contribution is -2.45. The number of carbonyl (C=O) groups excluding carboxylic acids is 2. The number of allylic oxidation sites excluding steroid dienone is 9. The summed E-state index contributed by atoms with van der Waals surface area (Å²) < 4.78 is 36.6. The van der Waals surface area contributed by atoms with Crippen molar-refractivity contribution < 1.29 is 27.3 Å². The molecule has 1 aliphatic rings. The summed E-state index contributed by atoms with van der Waals surface area (Å²) in [6.07, 6.45) is 16.0. The monoisotopic (exact) mass is 507 g/mol. The summed E-state index contributed by atoms with van der Waals surface area (Å²) in [5, 5.41) is 2.30. The van der Waals surface area contributed by atoms with Crippen LogP contribution in [0.3, 0.4) is 0 Å². The Kier molecular flexibility index (Phi) is 12.4. The highest BCUT2D eigenvalue weighted by Crippen LogP contribution is 2.40. The van der Waals surface area contributed by atoms with E-state index in [2.05, 4.69) is 38.2 Å². The molecule has 0 saturated carbocycles. The second-order valence-corrected chi connectivity index (χ2v) is 11.3. The standard InChI is InChI=1S/C27H41NO6S/c1-7-8-17-34-26(30)24(19-35(31,32)33)28-25(29)18-21(3)12-9-11-20(2)14-15-23-22(4)13-10-16-27(23,5)6/h9,11-12,14-15,18,24H,7-8,10,13,16-17,19H2,1-6H3,(H,28,29)(H,31,32,33)/b12-9?,15-14?,20-11?,21-18-/t24-/m0/s1. The molecule has 8 heteroatoms. The summed E-state index contributed by atoms with van der Waals surface area (Å²) in [6.45, 7) is 12.5. The topological polar surface area (TPSA) is 110 Å². The molecule has 1 aliphatic carbocycles. The molecule has 0 fully saturated rings. The second-order valence-electron chi connectivity index (χ2n) is 9.75. The van der Waals surface area contributed by atoms with Crippen LogP contribution in [-0.2, 0) is 24.4 Å². The van der Waals surface area contributed by atoms with Gasteiger partial charge < -0.3 is 10.1 Å². The van der Waals surface area contributed by atoms with E-state index < -0.39 is 33.8 Å². The van der Waals surface area contributed by atoms with Crippen LogP contribution in [0.2, 0.25) is 0 Å². The summed E-state index contributed by atoms with van der Waals surface area (Å²) >= 11 is 0. The van der Waals surface area contributed by atoms with E-state index in [1.165, 1.54) is 30.1 Å². The lowest BCUT2D eigenvalue weighted by molar-refractivity contribution is -0.147. The molecule has 0 bridgehead atoms. The van der Waals surface area contributed by atoms with Gasteiger partial charge in [0.05, 0.1) is 6.61 Å². The molecule has 196 valence electrons. The average Bonchev–Trinajstić information content (AvgIpc) is 2.71. The maximum absolute atomic E-state index is 12.3. The maximum Gasteiger partial charge on any atom is 0.329 e. The minimum Gasteiger partial charge on any atom is -0.464 e. The maximum atomic E-state index is 12.3. The molecule has 0 aliphatic heterocycles. The lowest BCUT2D eigenvalue weighted by atomic mass is 9.72. The van der Waals surface area contributed by atoms with Gasteiger partial charge in [-0.25, -0.2) is 4.79 Å². The summed E-state index contributed by atoms with van der Waals surface area (Å²) in [5.41, 5.74) is 4.67. The number of amides is 1. The first-order chi connectivity index (χ1) is 16.2. The van der Waals surface area contributed by atoms with Crippen LogP contribution >= 0.6 is 0 Å². The number of hydrogen-bond donors (Lipinski definition) is 2. The van der Waals surface area contributed by atoms with Gasteiger partial charge in [0.15, 0.2) is 0 Å². The van der Waals surface area contributed by atoms with Crippen LogP contribution in [0.1, 0.15) is 73.6 Å². The molecule has 1 amide bonds. The smallest absolute Gasteiger partial charge is 0.329 e. The SMILES string of the molecule is CCCCOC(=O)[C@H](CS(=O)(=O)O)NC(=O)/C=C(/C)C=CC=C(C)C=CC1=C(C)CCCC1(C)C. The Hall–Kier alpha value is -2.45. The fourth-order valence-electron chi connectivity index (χ4n) is 3.90. The van der Waals surface area contributed by atoms with Crippen molar-refractivity contribution >= 4 is 22.0 Å². The van der Waals surface area contributed by atoms with Gasteiger partial charge in [0.1, 0.15) is 11.8 Å². The van der Waals surface area contributed by atoms with Crippen molar-refractivity contribution in [2.75, 3.05) is 12.4 Å². The summed E-state index contributed by atoms with van der Waals surface area (Å²) in [7, 11) is -4.49. The first-order valence-corrected chi connectivity index (χ1v) is 13.7. The molecule has 0 heterocycles. The summed E-state index contributed by atoms with van der Waals surface area (Å²) in [6, 6.07) is -1.49. The van der Waals surface area contributed by atoms with E-state index in [0.29, 0.717) is 12.0 Å². The molecule has 0 spiro atoms. The quantitative estimate of drug-likeness (QED) is 0.123. The molecule has 35 heavy (non-hydrogen) atoms. The van der Waals surface area contributed by atoms with Crippen LogP contribution in [0.4, 0.5) is 0 Å². The van der Waals surface area contributed by atoms with E-state index in [-0.39, 0.29) is 12.0 Å². The Morgan fingerprint density at radius 3 is 2.49 bits per heavy atom. The zero-order valence-corrected chi connectivity index (χ0v) is 22.7. The highest BCUT2D eigenvalue weighted by molar-refractivity contribution is 7.85. The number of esters is 1. The third-order valence-corrected chi connectivity index (χ3v) is 6.61. The van der Waals surface area contributed by atoms with Crippen LogP contribution in [0, 0.1) is 5.41 Å². The van der Waals surface area contributed by atoms with Crippen LogP contribution < -0.4 is 5.32 Å². The van der Waals surface area contributed by atoms with E-state index in [1.807, 2.05) is 26.0 Å². The van der Waals surface area contributed by atoms with Crippen molar-refractivity contribution in [3.8, 4) is 0 Å². The fraction of sp³-hybridized carbons (Fsp3) is 0.556. The van der Waals surface area contributed by atoms with Gasteiger partial charge in [0, 0.05) is 6.08 Å². The van der Waals surface area contributed by atoms with Gasteiger partial charge in [0.25, 0.3) is 10.1 Å². The van der Waals surface area contributed by atoms with Crippen molar-refractivity contribution in [3.05, 3.63) is 58.7 Å². The van der Waals surface area contributed by atoms with Gasteiger partial charge in [0.2, 0.25) is 5.91 Å². The number of hydrogen-bond acceptors (Lipinski definition) is 5. The van der Waals surface area contributed by atoms with Gasteiger partial charge in [-0.2, -0.15) is 8.42 Å². The van der Waals surface area contributed by atoms with Crippen molar-refractivity contribution in [3.63, 3.8) is 0 Å². The molecule has 0 radical (unpaired) electrons. The fourth-order valence-corrected chi connectivity index (χ4v) is 4.54. The molecule has 7 nitrogen and oxygen atoms in total.